The third-order valence-electron chi connectivity index (χ3n) is 14.2. The standard InChI is InChI=1S/2C11H20.C11H22.C10H14.C8H18/c2*1-11(2,3)10-7-8-4-5-9(10)6-8;1-11(2,3)9-10-7-5-4-6-8-10;1-10(2,3)9-7-5-4-6-8-9;1-7(2,3)8(4,5)6/h2*8-10H,4-7H2,1-3H3;10H,4-9H2,1-3H3;4-8H,1-3H3;1-6H3. The second kappa shape index (κ2) is 18.7. The fraction of sp³-hybridized carbons (Fsp3) is 0.882. The predicted octanol–water partition coefficient (Wildman–Crippen LogP) is 17.0. The molecule has 298 valence electrons. The Morgan fingerprint density at radius 3 is 1.06 bits per heavy atom. The van der Waals surface area contributed by atoms with Gasteiger partial charge in [-0.25, -0.2) is 0 Å². The normalized spacial score (nSPS) is 28.0. The Kier molecular flexibility index (Phi) is 17.0. The first-order valence-electron chi connectivity index (χ1n) is 22.1. The summed E-state index contributed by atoms with van der Waals surface area (Å²) in [5, 5.41) is 0. The summed E-state index contributed by atoms with van der Waals surface area (Å²) in [6.07, 6.45) is 21.2. The van der Waals surface area contributed by atoms with E-state index in [1.807, 2.05) is 0 Å². The van der Waals surface area contributed by atoms with Crippen LogP contribution in [0.4, 0.5) is 0 Å². The lowest BCUT2D eigenvalue weighted by molar-refractivity contribution is 0.157. The van der Waals surface area contributed by atoms with E-state index >= 15 is 0 Å². The predicted molar refractivity (Wildman–Crippen MR) is 231 cm³/mol. The maximum absolute atomic E-state index is 2.42. The molecule has 5 aliphatic rings. The van der Waals surface area contributed by atoms with Crippen LogP contribution in [-0.2, 0) is 5.41 Å². The zero-order valence-electron chi connectivity index (χ0n) is 38.3. The van der Waals surface area contributed by atoms with E-state index in [9.17, 15) is 0 Å². The zero-order chi connectivity index (χ0) is 39.1. The van der Waals surface area contributed by atoms with E-state index in [1.54, 1.807) is 12.8 Å². The van der Waals surface area contributed by atoms with Gasteiger partial charge in [-0.1, -0.05) is 200 Å². The van der Waals surface area contributed by atoms with Crippen LogP contribution in [0.25, 0.3) is 0 Å². The summed E-state index contributed by atoms with van der Waals surface area (Å²) >= 11 is 0. The van der Waals surface area contributed by atoms with Gasteiger partial charge in [-0.2, -0.15) is 0 Å². The molecule has 0 amide bonds. The molecule has 0 saturated heterocycles. The monoisotopic (exact) mass is 707 g/mol. The second-order valence-electron chi connectivity index (χ2n) is 24.7. The molecule has 5 aliphatic carbocycles. The molecule has 4 bridgehead atoms. The van der Waals surface area contributed by atoms with Gasteiger partial charge in [0.05, 0.1) is 0 Å². The highest BCUT2D eigenvalue weighted by Crippen LogP contribution is 2.55. The van der Waals surface area contributed by atoms with Crippen molar-refractivity contribution in [2.24, 2.45) is 68.5 Å². The third kappa shape index (κ3) is 16.6. The van der Waals surface area contributed by atoms with E-state index in [0.29, 0.717) is 32.5 Å². The molecule has 5 saturated carbocycles. The van der Waals surface area contributed by atoms with Gasteiger partial charge in [-0.3, -0.25) is 0 Å². The minimum atomic E-state index is 0.293. The first-order chi connectivity index (χ1) is 23.1. The first kappa shape index (κ1) is 46.4. The molecule has 51 heavy (non-hydrogen) atoms. The maximum atomic E-state index is 2.42. The number of rotatable bonds is 1. The van der Waals surface area contributed by atoms with E-state index in [-0.39, 0.29) is 0 Å². The molecular weight excluding hydrogens is 613 g/mol. The Hall–Kier alpha value is -0.780. The summed E-state index contributed by atoms with van der Waals surface area (Å²) in [4.78, 5) is 0. The molecule has 0 heterocycles. The number of benzene rings is 1. The smallest absolute Gasteiger partial charge is 0.0132 e. The fourth-order valence-electron chi connectivity index (χ4n) is 9.81. The number of fused-ring (bicyclic) bond motifs is 4. The highest BCUT2D eigenvalue weighted by atomic mass is 14.5. The highest BCUT2D eigenvalue weighted by molar-refractivity contribution is 5.22. The maximum Gasteiger partial charge on any atom is -0.0132 e. The van der Waals surface area contributed by atoms with Gasteiger partial charge in [0.15, 0.2) is 0 Å². The molecule has 0 N–H and O–H groups in total. The molecule has 0 heteroatoms. The van der Waals surface area contributed by atoms with Crippen LogP contribution in [0, 0.1) is 68.5 Å². The molecular formula is C51H94. The van der Waals surface area contributed by atoms with Crippen LogP contribution in [0.15, 0.2) is 30.3 Å². The van der Waals surface area contributed by atoms with E-state index in [2.05, 4.69) is 155 Å². The minimum Gasteiger partial charge on any atom is -0.0622 e. The Morgan fingerprint density at radius 1 is 0.451 bits per heavy atom. The lowest BCUT2D eigenvalue weighted by atomic mass is 9.71. The van der Waals surface area contributed by atoms with Crippen LogP contribution < -0.4 is 0 Å². The lowest BCUT2D eigenvalue weighted by Crippen LogP contribution is -2.25. The highest BCUT2D eigenvalue weighted by Gasteiger charge is 2.45. The molecule has 0 nitrogen and oxygen atoms in total. The van der Waals surface area contributed by atoms with Crippen molar-refractivity contribution < 1.29 is 0 Å². The third-order valence-corrected chi connectivity index (χ3v) is 14.2. The zero-order valence-corrected chi connectivity index (χ0v) is 38.3. The molecule has 6 rings (SSSR count). The average molecular weight is 707 g/mol. The Morgan fingerprint density at radius 2 is 0.843 bits per heavy atom. The molecule has 1 aromatic rings. The average Bonchev–Trinajstić information content (AvgIpc) is 3.80. The Balaban J connectivity index is 0.000000222. The van der Waals surface area contributed by atoms with Crippen molar-refractivity contribution in [1.82, 2.24) is 0 Å². The van der Waals surface area contributed by atoms with Crippen LogP contribution in [0.2, 0.25) is 0 Å². The van der Waals surface area contributed by atoms with Crippen molar-refractivity contribution in [3.05, 3.63) is 35.9 Å². The van der Waals surface area contributed by atoms with Crippen LogP contribution in [0.3, 0.4) is 0 Å². The van der Waals surface area contributed by atoms with Crippen molar-refractivity contribution in [3.8, 4) is 0 Å². The number of hydrogen-bond acceptors (Lipinski definition) is 0. The molecule has 6 atom stereocenters. The van der Waals surface area contributed by atoms with Crippen LogP contribution in [-0.4, -0.2) is 0 Å². The topological polar surface area (TPSA) is 0 Å². The van der Waals surface area contributed by atoms with Crippen molar-refractivity contribution >= 4 is 0 Å². The first-order valence-corrected chi connectivity index (χ1v) is 22.1. The van der Waals surface area contributed by atoms with Crippen molar-refractivity contribution in [2.75, 3.05) is 0 Å². The van der Waals surface area contributed by atoms with Gasteiger partial charge in [0.25, 0.3) is 0 Å². The van der Waals surface area contributed by atoms with E-state index in [1.165, 1.54) is 82.6 Å². The summed E-state index contributed by atoms with van der Waals surface area (Å²) in [7, 11) is 0. The SMILES string of the molecule is CC(C)(C)C(C)(C)C.CC(C)(C)C1CC2CCC1C2.CC(C)(C)C1CC2CCC1C2.CC(C)(C)CC1CCCCC1.CC(C)(C)c1ccccc1. The summed E-state index contributed by atoms with van der Waals surface area (Å²) in [6.45, 7) is 41.9. The minimum absolute atomic E-state index is 0.293. The molecule has 0 radical (unpaired) electrons. The summed E-state index contributed by atoms with van der Waals surface area (Å²) in [5.74, 6) is 7.56. The van der Waals surface area contributed by atoms with Gasteiger partial charge in [0, 0.05) is 0 Å². The van der Waals surface area contributed by atoms with E-state index < -0.39 is 0 Å². The summed E-state index contributed by atoms with van der Waals surface area (Å²) in [5.41, 5.74) is 4.29. The van der Waals surface area contributed by atoms with Crippen LogP contribution >= 0.6 is 0 Å². The summed E-state index contributed by atoms with van der Waals surface area (Å²) in [6, 6.07) is 10.6. The molecule has 5 fully saturated rings. The molecule has 0 aromatic heterocycles. The number of hydrogen-bond donors (Lipinski definition) is 0. The quantitative estimate of drug-likeness (QED) is 0.273. The van der Waals surface area contributed by atoms with E-state index in [4.69, 9.17) is 0 Å². The molecule has 0 aliphatic heterocycles. The van der Waals surface area contributed by atoms with Crippen molar-refractivity contribution in [1.29, 1.82) is 0 Å². The molecule has 6 unspecified atom stereocenters. The summed E-state index contributed by atoms with van der Waals surface area (Å²) < 4.78 is 0. The Labute approximate surface area is 323 Å². The van der Waals surface area contributed by atoms with Crippen molar-refractivity contribution in [3.63, 3.8) is 0 Å². The van der Waals surface area contributed by atoms with Gasteiger partial charge in [0.1, 0.15) is 0 Å². The van der Waals surface area contributed by atoms with E-state index in [0.717, 1.165) is 41.4 Å². The molecule has 0 spiro atoms. The largest absolute Gasteiger partial charge is 0.0622 e. The van der Waals surface area contributed by atoms with Crippen LogP contribution in [0.5, 0.6) is 0 Å². The van der Waals surface area contributed by atoms with Gasteiger partial charge in [-0.05, 0) is 124 Å². The van der Waals surface area contributed by atoms with Crippen LogP contribution in [0.1, 0.15) is 220 Å². The van der Waals surface area contributed by atoms with Gasteiger partial charge in [-0.15, -0.1) is 0 Å². The van der Waals surface area contributed by atoms with Gasteiger partial charge < -0.3 is 0 Å². The fourth-order valence-corrected chi connectivity index (χ4v) is 9.81. The van der Waals surface area contributed by atoms with Crippen molar-refractivity contribution in [2.45, 2.75) is 220 Å². The second-order valence-corrected chi connectivity index (χ2v) is 24.7. The van der Waals surface area contributed by atoms with Gasteiger partial charge >= 0.3 is 0 Å². The lowest BCUT2D eigenvalue weighted by Gasteiger charge is -2.34. The van der Waals surface area contributed by atoms with Gasteiger partial charge in [0.2, 0.25) is 0 Å². The Bertz CT molecular complexity index is 1020. The molecule has 1 aromatic carbocycles.